The van der Waals surface area contributed by atoms with Gasteiger partial charge in [-0.15, -0.1) is 0 Å². The van der Waals surface area contributed by atoms with Gasteiger partial charge in [0.1, 0.15) is 18.2 Å². The fraction of sp³-hybridized carbons (Fsp3) is 0.0769. The molecule has 88 valence electrons. The van der Waals surface area contributed by atoms with Crippen molar-refractivity contribution in [3.63, 3.8) is 0 Å². The first-order chi connectivity index (χ1) is 8.15. The molecule has 0 spiro atoms. The molecule has 0 saturated heterocycles. The zero-order valence-electron chi connectivity index (χ0n) is 8.79. The summed E-state index contributed by atoms with van der Waals surface area (Å²) >= 11 is 11.3. The summed E-state index contributed by atoms with van der Waals surface area (Å²) < 4.78 is 18.6. The molecule has 0 radical (unpaired) electrons. The molecule has 17 heavy (non-hydrogen) atoms. The average Bonchev–Trinajstić information content (AvgIpc) is 2.33. The van der Waals surface area contributed by atoms with Gasteiger partial charge < -0.3 is 4.74 Å². The average molecular weight is 271 g/mol. The van der Waals surface area contributed by atoms with Gasteiger partial charge in [0.15, 0.2) is 0 Å². The molecule has 0 aliphatic heterocycles. The molecule has 2 aromatic carbocycles. The quantitative estimate of drug-likeness (QED) is 0.785. The predicted octanol–water partition coefficient (Wildman–Crippen LogP) is 4.71. The lowest BCUT2D eigenvalue weighted by molar-refractivity contribution is 0.304. The molecule has 0 bridgehead atoms. The maximum Gasteiger partial charge on any atom is 0.145 e. The molecule has 0 aliphatic rings. The molecule has 2 aromatic rings. The van der Waals surface area contributed by atoms with Gasteiger partial charge in [0.25, 0.3) is 0 Å². The molecule has 0 fully saturated rings. The van der Waals surface area contributed by atoms with Gasteiger partial charge in [-0.2, -0.15) is 0 Å². The predicted molar refractivity (Wildman–Crippen MR) is 67.2 cm³/mol. The molecule has 0 saturated carbocycles. The third kappa shape index (κ3) is 3.35. The first-order valence-electron chi connectivity index (χ1n) is 4.97. The summed E-state index contributed by atoms with van der Waals surface area (Å²) in [6.45, 7) is 0.359. The second-order valence-electron chi connectivity index (χ2n) is 3.49. The van der Waals surface area contributed by atoms with Crippen LogP contribution in [0.2, 0.25) is 10.0 Å². The minimum atomic E-state index is -0.486. The normalized spacial score (nSPS) is 10.3. The van der Waals surface area contributed by atoms with Gasteiger partial charge in [0.05, 0.1) is 5.02 Å². The van der Waals surface area contributed by atoms with E-state index >= 15 is 0 Å². The van der Waals surface area contributed by atoms with E-state index in [1.807, 2.05) is 12.1 Å². The SMILES string of the molecule is Fc1cc(OCc2ccc(Cl)cc2)ccc1Cl. The van der Waals surface area contributed by atoms with Crippen LogP contribution in [0.1, 0.15) is 5.56 Å². The maximum absolute atomic E-state index is 13.1. The molecule has 0 aromatic heterocycles. The number of halogens is 3. The Kier molecular flexibility index (Phi) is 3.87. The highest BCUT2D eigenvalue weighted by Crippen LogP contribution is 2.21. The molecule has 0 N–H and O–H groups in total. The van der Waals surface area contributed by atoms with Crippen molar-refractivity contribution in [1.82, 2.24) is 0 Å². The second kappa shape index (κ2) is 5.39. The Morgan fingerprint density at radius 2 is 1.71 bits per heavy atom. The van der Waals surface area contributed by atoms with Crippen molar-refractivity contribution in [2.45, 2.75) is 6.61 Å². The van der Waals surface area contributed by atoms with Crippen LogP contribution in [0.4, 0.5) is 4.39 Å². The number of benzene rings is 2. The van der Waals surface area contributed by atoms with Crippen LogP contribution in [0.3, 0.4) is 0 Å². The van der Waals surface area contributed by atoms with Gasteiger partial charge in [-0.3, -0.25) is 0 Å². The van der Waals surface area contributed by atoms with E-state index in [2.05, 4.69) is 0 Å². The van der Waals surface area contributed by atoms with Crippen LogP contribution >= 0.6 is 23.2 Å². The van der Waals surface area contributed by atoms with E-state index in [9.17, 15) is 4.39 Å². The standard InChI is InChI=1S/C13H9Cl2FO/c14-10-3-1-9(2-4-10)8-17-11-5-6-12(15)13(16)7-11/h1-7H,8H2. The van der Waals surface area contributed by atoms with Crippen LogP contribution in [0.15, 0.2) is 42.5 Å². The van der Waals surface area contributed by atoms with Crippen LogP contribution in [0, 0.1) is 5.82 Å². The highest BCUT2D eigenvalue weighted by molar-refractivity contribution is 6.30. The summed E-state index contributed by atoms with van der Waals surface area (Å²) in [5.41, 5.74) is 0.963. The van der Waals surface area contributed by atoms with Crippen molar-refractivity contribution >= 4 is 23.2 Å². The van der Waals surface area contributed by atoms with Gasteiger partial charge in [-0.25, -0.2) is 4.39 Å². The number of ether oxygens (including phenoxy) is 1. The van der Waals surface area contributed by atoms with Gasteiger partial charge in [-0.05, 0) is 29.8 Å². The molecule has 0 amide bonds. The van der Waals surface area contributed by atoms with Crippen molar-refractivity contribution in [3.8, 4) is 5.75 Å². The number of hydrogen-bond donors (Lipinski definition) is 0. The summed E-state index contributed by atoms with van der Waals surface area (Å²) in [7, 11) is 0. The summed E-state index contributed by atoms with van der Waals surface area (Å²) in [6, 6.07) is 11.6. The zero-order valence-corrected chi connectivity index (χ0v) is 10.3. The van der Waals surface area contributed by atoms with Crippen LogP contribution in [0.25, 0.3) is 0 Å². The van der Waals surface area contributed by atoms with E-state index in [0.717, 1.165) is 5.56 Å². The Labute approximate surface area is 109 Å². The lowest BCUT2D eigenvalue weighted by Crippen LogP contribution is -1.95. The summed E-state index contributed by atoms with van der Waals surface area (Å²) in [5, 5.41) is 0.759. The molecule has 4 heteroatoms. The fourth-order valence-corrected chi connectivity index (χ4v) is 1.56. The first kappa shape index (κ1) is 12.2. The van der Waals surface area contributed by atoms with E-state index in [0.29, 0.717) is 17.4 Å². The van der Waals surface area contributed by atoms with Crippen LogP contribution in [-0.2, 0) is 6.61 Å². The van der Waals surface area contributed by atoms with Crippen LogP contribution < -0.4 is 4.74 Å². The van der Waals surface area contributed by atoms with E-state index in [1.165, 1.54) is 12.1 Å². The molecular weight excluding hydrogens is 262 g/mol. The minimum absolute atomic E-state index is 0.0869. The smallest absolute Gasteiger partial charge is 0.145 e. The zero-order chi connectivity index (χ0) is 12.3. The minimum Gasteiger partial charge on any atom is -0.489 e. The topological polar surface area (TPSA) is 9.23 Å². The Morgan fingerprint density at radius 1 is 1.00 bits per heavy atom. The monoisotopic (exact) mass is 270 g/mol. The van der Waals surface area contributed by atoms with Crippen molar-refractivity contribution < 1.29 is 9.13 Å². The number of hydrogen-bond acceptors (Lipinski definition) is 1. The maximum atomic E-state index is 13.1. The molecular formula is C13H9Cl2FO. The van der Waals surface area contributed by atoms with E-state index in [-0.39, 0.29) is 5.02 Å². The highest BCUT2D eigenvalue weighted by Gasteiger charge is 2.02. The summed E-state index contributed by atoms with van der Waals surface area (Å²) in [4.78, 5) is 0. The third-order valence-corrected chi connectivity index (χ3v) is 2.77. The van der Waals surface area contributed by atoms with Crippen molar-refractivity contribution in [1.29, 1.82) is 0 Å². The molecule has 2 rings (SSSR count). The summed E-state index contributed by atoms with van der Waals surface area (Å²) in [5.74, 6) is -0.0397. The Hall–Kier alpha value is -1.25. The van der Waals surface area contributed by atoms with Gasteiger partial charge in [-0.1, -0.05) is 35.3 Å². The third-order valence-electron chi connectivity index (χ3n) is 2.21. The largest absolute Gasteiger partial charge is 0.489 e. The molecule has 1 nitrogen and oxygen atoms in total. The van der Waals surface area contributed by atoms with Crippen molar-refractivity contribution in [3.05, 3.63) is 63.9 Å². The van der Waals surface area contributed by atoms with E-state index in [4.69, 9.17) is 27.9 Å². The van der Waals surface area contributed by atoms with E-state index in [1.54, 1.807) is 18.2 Å². The number of rotatable bonds is 3. The lowest BCUT2D eigenvalue weighted by Gasteiger charge is -2.06. The Morgan fingerprint density at radius 3 is 2.35 bits per heavy atom. The van der Waals surface area contributed by atoms with Gasteiger partial charge in [0, 0.05) is 11.1 Å². The lowest BCUT2D eigenvalue weighted by atomic mass is 10.2. The Bertz CT molecular complexity index is 511. The molecule has 0 aliphatic carbocycles. The van der Waals surface area contributed by atoms with Crippen LogP contribution in [-0.4, -0.2) is 0 Å². The summed E-state index contributed by atoms with van der Waals surface area (Å²) in [6.07, 6.45) is 0. The van der Waals surface area contributed by atoms with E-state index < -0.39 is 5.82 Å². The molecule has 0 atom stereocenters. The van der Waals surface area contributed by atoms with Crippen LogP contribution in [0.5, 0.6) is 5.75 Å². The van der Waals surface area contributed by atoms with Gasteiger partial charge in [0.2, 0.25) is 0 Å². The fourth-order valence-electron chi connectivity index (χ4n) is 1.31. The molecule has 0 unspecified atom stereocenters. The first-order valence-corrected chi connectivity index (χ1v) is 5.73. The van der Waals surface area contributed by atoms with Crippen molar-refractivity contribution in [2.24, 2.45) is 0 Å². The second-order valence-corrected chi connectivity index (χ2v) is 4.33. The Balaban J connectivity index is 2.02. The molecule has 0 heterocycles. The van der Waals surface area contributed by atoms with Gasteiger partial charge >= 0.3 is 0 Å². The van der Waals surface area contributed by atoms with Crippen molar-refractivity contribution in [2.75, 3.05) is 0 Å². The highest BCUT2D eigenvalue weighted by atomic mass is 35.5.